The Morgan fingerprint density at radius 2 is 2.21 bits per heavy atom. The minimum absolute atomic E-state index is 0.161. The highest BCUT2D eigenvalue weighted by Gasteiger charge is 2.14. The van der Waals surface area contributed by atoms with Crippen molar-refractivity contribution in [2.75, 3.05) is 5.32 Å². The zero-order chi connectivity index (χ0) is 13.7. The maximum atomic E-state index is 11.6. The highest BCUT2D eigenvalue weighted by Crippen LogP contribution is 2.15. The van der Waals surface area contributed by atoms with Crippen LogP contribution in [0.2, 0.25) is 0 Å². The van der Waals surface area contributed by atoms with E-state index in [2.05, 4.69) is 20.8 Å². The van der Waals surface area contributed by atoms with E-state index in [1.807, 2.05) is 13.8 Å². The van der Waals surface area contributed by atoms with E-state index in [0.717, 1.165) is 29.9 Å². The number of hydrogen-bond acceptors (Lipinski definition) is 5. The molecule has 2 aromatic heterocycles. The third-order valence-electron chi connectivity index (χ3n) is 2.69. The van der Waals surface area contributed by atoms with E-state index in [9.17, 15) is 4.79 Å². The van der Waals surface area contributed by atoms with Crippen LogP contribution in [0.1, 0.15) is 30.9 Å². The highest BCUT2D eigenvalue weighted by atomic mass is 16.5. The van der Waals surface area contributed by atoms with Gasteiger partial charge in [0.2, 0.25) is 0 Å². The van der Waals surface area contributed by atoms with Crippen molar-refractivity contribution in [1.82, 2.24) is 15.5 Å². The van der Waals surface area contributed by atoms with Crippen molar-refractivity contribution in [3.05, 3.63) is 29.5 Å². The van der Waals surface area contributed by atoms with Crippen LogP contribution in [0.25, 0.3) is 0 Å². The second-order valence-electron chi connectivity index (χ2n) is 3.88. The first-order chi connectivity index (χ1) is 9.24. The van der Waals surface area contributed by atoms with Crippen molar-refractivity contribution in [1.29, 1.82) is 0 Å². The van der Waals surface area contributed by atoms with Crippen LogP contribution in [0.3, 0.4) is 0 Å². The van der Waals surface area contributed by atoms with Crippen molar-refractivity contribution in [2.24, 2.45) is 0 Å². The van der Waals surface area contributed by atoms with Gasteiger partial charge in [0, 0.05) is 18.5 Å². The fraction of sp³-hybridized carbons (Fsp3) is 0.417. The topological polar surface area (TPSA) is 93.2 Å². The monoisotopic (exact) mass is 264 g/mol. The molecule has 0 aliphatic rings. The second-order valence-corrected chi connectivity index (χ2v) is 3.88. The van der Waals surface area contributed by atoms with Gasteiger partial charge in [-0.2, -0.15) is 0 Å². The van der Waals surface area contributed by atoms with E-state index in [1.165, 1.54) is 12.5 Å². The van der Waals surface area contributed by atoms with E-state index in [1.54, 1.807) is 0 Å². The number of rotatable bonds is 5. The Hall–Kier alpha value is -2.31. The third-order valence-corrected chi connectivity index (χ3v) is 2.69. The quantitative estimate of drug-likeness (QED) is 0.862. The molecule has 0 unspecified atom stereocenters. The molecule has 0 aliphatic carbocycles. The second kappa shape index (κ2) is 6.03. The first kappa shape index (κ1) is 13.1. The van der Waals surface area contributed by atoms with E-state index in [-0.39, 0.29) is 12.0 Å². The number of carbonyl (C=O) groups is 1. The molecule has 0 saturated heterocycles. The minimum atomic E-state index is -0.382. The van der Waals surface area contributed by atoms with Crippen LogP contribution in [0, 0.1) is 0 Å². The SMILES string of the molecule is CCc1noc(CC)c1CNC(=O)Nc1ncco1. The maximum absolute atomic E-state index is 11.6. The number of amides is 2. The van der Waals surface area contributed by atoms with E-state index >= 15 is 0 Å². The Labute approximate surface area is 110 Å². The molecule has 2 N–H and O–H groups in total. The molecule has 0 spiro atoms. The van der Waals surface area contributed by atoms with Gasteiger partial charge >= 0.3 is 12.0 Å². The first-order valence-corrected chi connectivity index (χ1v) is 6.15. The average Bonchev–Trinajstić information content (AvgIpc) is 3.04. The van der Waals surface area contributed by atoms with Crippen LogP contribution < -0.4 is 10.6 Å². The predicted molar refractivity (Wildman–Crippen MR) is 67.6 cm³/mol. The molecule has 0 bridgehead atoms. The molecule has 102 valence electrons. The molecule has 0 aromatic carbocycles. The summed E-state index contributed by atoms with van der Waals surface area (Å²) in [6.07, 6.45) is 4.35. The average molecular weight is 264 g/mol. The lowest BCUT2D eigenvalue weighted by Gasteiger charge is -2.05. The summed E-state index contributed by atoms with van der Waals surface area (Å²) in [5.74, 6) is 0.799. The predicted octanol–water partition coefficient (Wildman–Crippen LogP) is 2.11. The van der Waals surface area contributed by atoms with Crippen molar-refractivity contribution < 1.29 is 13.7 Å². The summed E-state index contributed by atoms with van der Waals surface area (Å²) in [5, 5.41) is 9.18. The van der Waals surface area contributed by atoms with Crippen LogP contribution in [-0.2, 0) is 19.4 Å². The summed E-state index contributed by atoms with van der Waals surface area (Å²) in [5.41, 5.74) is 1.81. The van der Waals surface area contributed by atoms with Gasteiger partial charge in [-0.3, -0.25) is 5.32 Å². The number of nitrogens with zero attached hydrogens (tertiary/aromatic N) is 2. The largest absolute Gasteiger partial charge is 0.432 e. The van der Waals surface area contributed by atoms with Gasteiger partial charge in [0.1, 0.15) is 12.0 Å². The number of carbonyl (C=O) groups excluding carboxylic acids is 1. The zero-order valence-corrected chi connectivity index (χ0v) is 10.9. The van der Waals surface area contributed by atoms with Gasteiger partial charge in [0.15, 0.2) is 0 Å². The van der Waals surface area contributed by atoms with Crippen molar-refractivity contribution in [2.45, 2.75) is 33.2 Å². The van der Waals surface area contributed by atoms with Gasteiger partial charge in [-0.25, -0.2) is 9.78 Å². The molecule has 19 heavy (non-hydrogen) atoms. The fourth-order valence-electron chi connectivity index (χ4n) is 1.73. The van der Waals surface area contributed by atoms with Gasteiger partial charge in [0.05, 0.1) is 11.9 Å². The van der Waals surface area contributed by atoms with Crippen molar-refractivity contribution >= 4 is 12.0 Å². The number of nitrogens with one attached hydrogen (secondary N) is 2. The number of aryl methyl sites for hydroxylation is 2. The Kier molecular flexibility index (Phi) is 4.17. The summed E-state index contributed by atoms with van der Waals surface area (Å²) in [6.45, 7) is 4.34. The van der Waals surface area contributed by atoms with Crippen molar-refractivity contribution in [3.8, 4) is 0 Å². The van der Waals surface area contributed by atoms with Crippen LogP contribution in [0.5, 0.6) is 0 Å². The molecule has 7 nitrogen and oxygen atoms in total. The lowest BCUT2D eigenvalue weighted by molar-refractivity contribution is 0.251. The molecular formula is C12H16N4O3. The molecular weight excluding hydrogens is 248 g/mol. The van der Waals surface area contributed by atoms with Gasteiger partial charge < -0.3 is 14.3 Å². The van der Waals surface area contributed by atoms with Gasteiger partial charge in [0.25, 0.3) is 0 Å². The Balaban J connectivity index is 1.94. The number of aromatic nitrogens is 2. The van der Waals surface area contributed by atoms with E-state index < -0.39 is 0 Å². The van der Waals surface area contributed by atoms with Gasteiger partial charge in [-0.15, -0.1) is 0 Å². The number of urea groups is 1. The summed E-state index contributed by atoms with van der Waals surface area (Å²) in [7, 11) is 0. The molecule has 2 heterocycles. The van der Waals surface area contributed by atoms with Crippen LogP contribution in [-0.4, -0.2) is 16.2 Å². The molecule has 2 aromatic rings. The fourth-order valence-corrected chi connectivity index (χ4v) is 1.73. The Bertz CT molecular complexity index is 512. The molecule has 0 saturated carbocycles. The third kappa shape index (κ3) is 3.12. The lowest BCUT2D eigenvalue weighted by atomic mass is 10.1. The van der Waals surface area contributed by atoms with Gasteiger partial charge in [-0.1, -0.05) is 19.0 Å². The summed E-state index contributed by atoms with van der Waals surface area (Å²) < 4.78 is 10.1. The molecule has 2 amide bonds. The molecule has 7 heteroatoms. The number of hydrogen-bond donors (Lipinski definition) is 2. The molecule has 0 atom stereocenters. The maximum Gasteiger partial charge on any atom is 0.323 e. The first-order valence-electron chi connectivity index (χ1n) is 6.15. The molecule has 0 aliphatic heterocycles. The lowest BCUT2D eigenvalue weighted by Crippen LogP contribution is -2.28. The molecule has 2 rings (SSSR count). The summed E-state index contributed by atoms with van der Waals surface area (Å²) in [6, 6.07) is -0.220. The van der Waals surface area contributed by atoms with Crippen LogP contribution >= 0.6 is 0 Å². The summed E-state index contributed by atoms with van der Waals surface area (Å²) in [4.78, 5) is 15.4. The van der Waals surface area contributed by atoms with Crippen molar-refractivity contribution in [3.63, 3.8) is 0 Å². The highest BCUT2D eigenvalue weighted by molar-refractivity contribution is 5.86. The Morgan fingerprint density at radius 3 is 2.84 bits per heavy atom. The van der Waals surface area contributed by atoms with E-state index in [4.69, 9.17) is 8.94 Å². The standard InChI is InChI=1S/C12H16N4O3/c1-3-9-8(10(4-2)19-16-9)7-14-11(17)15-12-13-5-6-18-12/h5-6H,3-4,7H2,1-2H3,(H2,13,14,15,17). The molecule has 0 radical (unpaired) electrons. The van der Waals surface area contributed by atoms with Crippen LogP contribution in [0.15, 0.2) is 21.4 Å². The number of oxazole rings is 1. The zero-order valence-electron chi connectivity index (χ0n) is 10.9. The van der Waals surface area contributed by atoms with Gasteiger partial charge in [-0.05, 0) is 6.42 Å². The normalized spacial score (nSPS) is 10.4. The Morgan fingerprint density at radius 1 is 1.37 bits per heavy atom. The molecule has 0 fully saturated rings. The smallest absolute Gasteiger partial charge is 0.323 e. The van der Waals surface area contributed by atoms with Crippen LogP contribution in [0.4, 0.5) is 10.8 Å². The minimum Gasteiger partial charge on any atom is -0.432 e. The van der Waals surface area contributed by atoms with E-state index in [0.29, 0.717) is 6.54 Å². The summed E-state index contributed by atoms with van der Waals surface area (Å²) >= 11 is 0. The number of anilines is 1.